The van der Waals surface area contributed by atoms with E-state index < -0.39 is 5.97 Å². The first-order chi connectivity index (χ1) is 7.09. The van der Waals surface area contributed by atoms with Crippen molar-refractivity contribution in [2.24, 2.45) is 0 Å². The van der Waals surface area contributed by atoms with E-state index in [9.17, 15) is 4.79 Å². The lowest BCUT2D eigenvalue weighted by Gasteiger charge is -2.26. The molecule has 1 N–H and O–H groups in total. The van der Waals surface area contributed by atoms with Crippen LogP contribution >= 0.6 is 0 Å². The summed E-state index contributed by atoms with van der Waals surface area (Å²) in [6, 6.07) is 1.78. The molecular formula is C12H15NO2. The molecule has 0 saturated heterocycles. The second-order valence-corrected chi connectivity index (χ2v) is 4.38. The van der Waals surface area contributed by atoms with Crippen molar-refractivity contribution in [2.45, 2.75) is 38.5 Å². The van der Waals surface area contributed by atoms with Crippen molar-refractivity contribution >= 4 is 5.97 Å². The van der Waals surface area contributed by atoms with E-state index in [2.05, 4.69) is 18.8 Å². The lowest BCUT2D eigenvalue weighted by molar-refractivity contribution is 0.0696. The van der Waals surface area contributed by atoms with Crippen LogP contribution in [0.2, 0.25) is 0 Å². The predicted molar refractivity (Wildman–Crippen MR) is 57.3 cm³/mol. The maximum absolute atomic E-state index is 10.8. The minimum absolute atomic E-state index is 0.301. The number of rotatable bonds is 1. The molecule has 0 fully saturated rings. The van der Waals surface area contributed by atoms with Crippen LogP contribution in [0.5, 0.6) is 0 Å². The standard InChI is InChI=1S/C12H15NO2/c1-7-3-4-8(2)11-10(7)5-9(6-13-11)12(14)15/h5-8H,3-4H2,1-2H3,(H,14,15). The molecule has 0 aromatic carbocycles. The van der Waals surface area contributed by atoms with E-state index in [1.165, 1.54) is 6.20 Å². The molecule has 3 nitrogen and oxygen atoms in total. The van der Waals surface area contributed by atoms with Crippen molar-refractivity contribution in [3.8, 4) is 0 Å². The molecule has 1 aromatic heterocycles. The number of aromatic nitrogens is 1. The number of hydrogen-bond donors (Lipinski definition) is 1. The van der Waals surface area contributed by atoms with Gasteiger partial charge in [-0.3, -0.25) is 4.98 Å². The van der Waals surface area contributed by atoms with Gasteiger partial charge in [-0.25, -0.2) is 4.79 Å². The smallest absolute Gasteiger partial charge is 0.337 e. The molecular weight excluding hydrogens is 190 g/mol. The molecule has 15 heavy (non-hydrogen) atoms. The Morgan fingerprint density at radius 1 is 1.40 bits per heavy atom. The van der Waals surface area contributed by atoms with Crippen LogP contribution in [0.3, 0.4) is 0 Å². The van der Waals surface area contributed by atoms with Gasteiger partial charge in [0.25, 0.3) is 0 Å². The van der Waals surface area contributed by atoms with E-state index in [1.54, 1.807) is 6.07 Å². The largest absolute Gasteiger partial charge is 0.478 e. The van der Waals surface area contributed by atoms with Crippen molar-refractivity contribution in [2.75, 3.05) is 0 Å². The maximum Gasteiger partial charge on any atom is 0.337 e. The summed E-state index contributed by atoms with van der Waals surface area (Å²) in [6.45, 7) is 4.29. The third-order valence-corrected chi connectivity index (χ3v) is 3.23. The number of carbonyl (C=O) groups is 1. The van der Waals surface area contributed by atoms with Gasteiger partial charge in [-0.2, -0.15) is 0 Å². The zero-order valence-electron chi connectivity index (χ0n) is 9.03. The first-order valence-electron chi connectivity index (χ1n) is 5.32. The Kier molecular flexibility index (Phi) is 2.47. The second kappa shape index (κ2) is 3.65. The number of carboxylic acids is 1. The van der Waals surface area contributed by atoms with Gasteiger partial charge in [0.2, 0.25) is 0 Å². The first-order valence-corrected chi connectivity index (χ1v) is 5.32. The van der Waals surface area contributed by atoms with Crippen LogP contribution < -0.4 is 0 Å². The zero-order chi connectivity index (χ0) is 11.0. The lowest BCUT2D eigenvalue weighted by atomic mass is 9.81. The summed E-state index contributed by atoms with van der Waals surface area (Å²) in [4.78, 5) is 15.1. The Labute approximate surface area is 89.2 Å². The molecule has 1 heterocycles. The summed E-state index contributed by atoms with van der Waals surface area (Å²) in [5.41, 5.74) is 2.50. The number of aromatic carboxylic acids is 1. The van der Waals surface area contributed by atoms with Gasteiger partial charge < -0.3 is 5.11 Å². The van der Waals surface area contributed by atoms with Crippen LogP contribution in [0, 0.1) is 0 Å². The maximum atomic E-state index is 10.8. The minimum atomic E-state index is -0.893. The summed E-state index contributed by atoms with van der Waals surface area (Å²) in [5, 5.41) is 8.90. The molecule has 1 aliphatic carbocycles. The Hall–Kier alpha value is -1.38. The molecule has 1 aromatic rings. The zero-order valence-corrected chi connectivity index (χ0v) is 9.03. The molecule has 0 spiro atoms. The van der Waals surface area contributed by atoms with Gasteiger partial charge in [-0.15, -0.1) is 0 Å². The Morgan fingerprint density at radius 3 is 2.73 bits per heavy atom. The number of hydrogen-bond acceptors (Lipinski definition) is 2. The molecule has 2 rings (SSSR count). The minimum Gasteiger partial charge on any atom is -0.478 e. The van der Waals surface area contributed by atoms with Crippen molar-refractivity contribution < 1.29 is 9.90 Å². The molecule has 3 heteroatoms. The number of pyridine rings is 1. The van der Waals surface area contributed by atoms with E-state index in [0.29, 0.717) is 17.4 Å². The fraction of sp³-hybridized carbons (Fsp3) is 0.500. The number of nitrogens with zero attached hydrogens (tertiary/aromatic N) is 1. The van der Waals surface area contributed by atoms with Crippen molar-refractivity contribution in [1.29, 1.82) is 0 Å². The summed E-state index contributed by atoms with van der Waals surface area (Å²) in [7, 11) is 0. The normalized spacial score (nSPS) is 24.7. The van der Waals surface area contributed by atoms with Crippen LogP contribution in [0.15, 0.2) is 12.3 Å². The Bertz CT molecular complexity index is 401. The van der Waals surface area contributed by atoms with Gasteiger partial charge in [0, 0.05) is 11.9 Å². The summed E-state index contributed by atoms with van der Waals surface area (Å²) >= 11 is 0. The van der Waals surface area contributed by atoms with Crippen LogP contribution in [-0.4, -0.2) is 16.1 Å². The molecule has 0 aliphatic heterocycles. The molecule has 2 atom stereocenters. The monoisotopic (exact) mass is 205 g/mol. The first kappa shape index (κ1) is 10.1. The van der Waals surface area contributed by atoms with Crippen molar-refractivity contribution in [1.82, 2.24) is 4.98 Å². The molecule has 0 saturated carbocycles. The summed E-state index contributed by atoms with van der Waals surface area (Å²) < 4.78 is 0. The molecule has 0 radical (unpaired) electrons. The topological polar surface area (TPSA) is 50.2 Å². The van der Waals surface area contributed by atoms with E-state index in [0.717, 1.165) is 24.1 Å². The molecule has 0 bridgehead atoms. The van der Waals surface area contributed by atoms with E-state index in [4.69, 9.17) is 5.11 Å². The SMILES string of the molecule is CC1CCC(C)c2ncc(C(=O)O)cc21. The highest BCUT2D eigenvalue weighted by atomic mass is 16.4. The highest BCUT2D eigenvalue weighted by molar-refractivity contribution is 5.87. The fourth-order valence-corrected chi connectivity index (χ4v) is 2.21. The predicted octanol–water partition coefficient (Wildman–Crippen LogP) is 2.78. The van der Waals surface area contributed by atoms with Crippen LogP contribution in [0.4, 0.5) is 0 Å². The molecule has 80 valence electrons. The highest BCUT2D eigenvalue weighted by Crippen LogP contribution is 2.37. The average molecular weight is 205 g/mol. The van der Waals surface area contributed by atoms with Gasteiger partial charge in [-0.1, -0.05) is 13.8 Å². The third kappa shape index (κ3) is 1.74. The highest BCUT2D eigenvalue weighted by Gasteiger charge is 2.24. The Morgan fingerprint density at radius 2 is 2.07 bits per heavy atom. The molecule has 1 aliphatic rings. The number of carboxylic acid groups (broad SMARTS) is 1. The molecule has 2 unspecified atom stereocenters. The third-order valence-electron chi connectivity index (χ3n) is 3.23. The van der Waals surface area contributed by atoms with Gasteiger partial charge in [0.15, 0.2) is 0 Å². The van der Waals surface area contributed by atoms with E-state index in [1.807, 2.05) is 0 Å². The second-order valence-electron chi connectivity index (χ2n) is 4.38. The van der Waals surface area contributed by atoms with Crippen molar-refractivity contribution in [3.05, 3.63) is 29.1 Å². The quantitative estimate of drug-likeness (QED) is 0.767. The van der Waals surface area contributed by atoms with E-state index in [-0.39, 0.29) is 0 Å². The Balaban J connectivity index is 2.49. The van der Waals surface area contributed by atoms with Gasteiger partial charge in [-0.05, 0) is 36.3 Å². The van der Waals surface area contributed by atoms with Crippen LogP contribution in [-0.2, 0) is 0 Å². The van der Waals surface area contributed by atoms with Crippen molar-refractivity contribution in [3.63, 3.8) is 0 Å². The van der Waals surface area contributed by atoms with Gasteiger partial charge >= 0.3 is 5.97 Å². The summed E-state index contributed by atoms with van der Waals surface area (Å²) in [5.74, 6) is -0.00206. The fourth-order valence-electron chi connectivity index (χ4n) is 2.21. The average Bonchev–Trinajstić information content (AvgIpc) is 2.23. The summed E-state index contributed by atoms with van der Waals surface area (Å²) in [6.07, 6.45) is 3.74. The van der Waals surface area contributed by atoms with Crippen LogP contribution in [0.1, 0.15) is 60.1 Å². The van der Waals surface area contributed by atoms with Crippen LogP contribution in [0.25, 0.3) is 0 Å². The number of fused-ring (bicyclic) bond motifs is 1. The lowest BCUT2D eigenvalue weighted by Crippen LogP contribution is -2.14. The molecule has 0 amide bonds. The van der Waals surface area contributed by atoms with E-state index >= 15 is 0 Å². The van der Waals surface area contributed by atoms with Gasteiger partial charge in [0.05, 0.1) is 5.56 Å². The van der Waals surface area contributed by atoms with Gasteiger partial charge in [0.1, 0.15) is 0 Å².